The fraction of sp³-hybridized carbons (Fsp3) is 0.435. The van der Waals surface area contributed by atoms with Gasteiger partial charge in [0.1, 0.15) is 0 Å². The third-order valence-corrected chi connectivity index (χ3v) is 5.79. The average Bonchev–Trinajstić information content (AvgIpc) is 3.34. The molecule has 2 aromatic heterocycles. The van der Waals surface area contributed by atoms with Crippen LogP contribution in [0.3, 0.4) is 0 Å². The molecule has 1 unspecified atom stereocenters. The number of carbonyl (C=O) groups excluding carboxylic acids is 1. The Balaban J connectivity index is 0.00000171. The van der Waals surface area contributed by atoms with E-state index in [2.05, 4.69) is 43.3 Å². The molecular weight excluding hydrogens is 433 g/mol. The lowest BCUT2D eigenvalue weighted by molar-refractivity contribution is 0.0739. The maximum Gasteiger partial charge on any atom is 0.255 e. The predicted molar refractivity (Wildman–Crippen MR) is 131 cm³/mol. The van der Waals surface area contributed by atoms with Gasteiger partial charge in [-0.15, -0.1) is 24.8 Å². The highest BCUT2D eigenvalue weighted by molar-refractivity contribution is 6.06. The Kier molecular flexibility index (Phi) is 8.46. The zero-order valence-corrected chi connectivity index (χ0v) is 20.1. The van der Waals surface area contributed by atoms with Crippen molar-refractivity contribution < 1.29 is 4.79 Å². The first-order valence-electron chi connectivity index (χ1n) is 10.4. The Morgan fingerprint density at radius 2 is 2.00 bits per heavy atom. The highest BCUT2D eigenvalue weighted by Crippen LogP contribution is 2.30. The van der Waals surface area contributed by atoms with E-state index in [9.17, 15) is 4.79 Å². The molecule has 8 heteroatoms. The molecule has 1 fully saturated rings. The van der Waals surface area contributed by atoms with Crippen LogP contribution >= 0.6 is 24.8 Å². The number of rotatable bonds is 5. The Bertz CT molecular complexity index is 1050. The molecule has 0 radical (unpaired) electrons. The molecule has 1 aliphatic rings. The normalized spacial score (nSPS) is 15.8. The topological polar surface area (TPSA) is 63.1 Å². The Labute approximate surface area is 196 Å². The summed E-state index contributed by atoms with van der Waals surface area (Å²) in [7, 11) is 1.94. The number of carbonyl (C=O) groups is 1. The van der Waals surface area contributed by atoms with Gasteiger partial charge in [-0.1, -0.05) is 24.3 Å². The standard InChI is InChI=1S/C23H29N5O.2ClH/c1-15(2)28-22-20(14-25-28)19(23(29)27-11-7-9-17(27)13-24-4)12-21(26-22)18-10-6-5-8-16(18)3;;/h5-6,8,10,12,14-15,17,24H,7,9,11,13H2,1-4H3;2*1H. The average molecular weight is 464 g/mol. The van der Waals surface area contributed by atoms with Gasteiger partial charge in [-0.05, 0) is 52.3 Å². The van der Waals surface area contributed by atoms with Crippen LogP contribution in [0.2, 0.25) is 0 Å². The second-order valence-corrected chi connectivity index (χ2v) is 8.14. The molecule has 1 N–H and O–H groups in total. The van der Waals surface area contributed by atoms with Gasteiger partial charge in [0.15, 0.2) is 5.65 Å². The van der Waals surface area contributed by atoms with Gasteiger partial charge in [0, 0.05) is 30.7 Å². The molecule has 4 rings (SSSR count). The van der Waals surface area contributed by atoms with Crippen LogP contribution in [0, 0.1) is 6.92 Å². The van der Waals surface area contributed by atoms with Crippen LogP contribution in [0.15, 0.2) is 36.5 Å². The van der Waals surface area contributed by atoms with Crippen LogP contribution in [-0.2, 0) is 0 Å². The van der Waals surface area contributed by atoms with Crippen molar-refractivity contribution in [1.82, 2.24) is 25.0 Å². The first kappa shape index (κ1) is 25.1. The van der Waals surface area contributed by atoms with Crippen LogP contribution in [-0.4, -0.2) is 51.8 Å². The summed E-state index contributed by atoms with van der Waals surface area (Å²) in [5.74, 6) is 0.0771. The summed E-state index contributed by atoms with van der Waals surface area (Å²) < 4.78 is 1.91. The number of aryl methyl sites for hydroxylation is 1. The number of benzene rings is 1. The van der Waals surface area contributed by atoms with Gasteiger partial charge in [0.05, 0.1) is 22.8 Å². The summed E-state index contributed by atoms with van der Waals surface area (Å²) >= 11 is 0. The number of likely N-dealkylation sites (N-methyl/N-ethyl adjacent to an activating group) is 1. The van der Waals surface area contributed by atoms with Crippen LogP contribution in [0.4, 0.5) is 0 Å². The monoisotopic (exact) mass is 463 g/mol. The van der Waals surface area contributed by atoms with E-state index in [1.807, 2.05) is 34.8 Å². The minimum atomic E-state index is 0. The van der Waals surface area contributed by atoms with E-state index in [1.54, 1.807) is 6.20 Å². The Morgan fingerprint density at radius 3 is 2.68 bits per heavy atom. The lowest BCUT2D eigenvalue weighted by atomic mass is 10.0. The minimum absolute atomic E-state index is 0. The predicted octanol–water partition coefficient (Wildman–Crippen LogP) is 4.66. The summed E-state index contributed by atoms with van der Waals surface area (Å²) in [6.07, 6.45) is 3.87. The van der Waals surface area contributed by atoms with Crippen molar-refractivity contribution in [3.8, 4) is 11.3 Å². The van der Waals surface area contributed by atoms with Crippen molar-refractivity contribution in [3.05, 3.63) is 47.7 Å². The molecule has 0 aliphatic carbocycles. The van der Waals surface area contributed by atoms with Crippen molar-refractivity contribution in [2.75, 3.05) is 20.1 Å². The molecule has 1 amide bonds. The number of aromatic nitrogens is 3. The summed E-state index contributed by atoms with van der Waals surface area (Å²) in [4.78, 5) is 20.6. The summed E-state index contributed by atoms with van der Waals surface area (Å²) in [6, 6.07) is 10.5. The van der Waals surface area contributed by atoms with Crippen molar-refractivity contribution in [2.45, 2.75) is 45.7 Å². The number of likely N-dealkylation sites (tertiary alicyclic amines) is 1. The SMILES string of the molecule is CNCC1CCCN1C(=O)c1cc(-c2ccccc2C)nc2c1cnn2C(C)C.Cl.Cl. The molecule has 0 bridgehead atoms. The molecule has 1 aromatic carbocycles. The number of nitrogens with one attached hydrogen (secondary N) is 1. The van der Waals surface area contributed by atoms with Crippen molar-refractivity contribution >= 4 is 41.8 Å². The summed E-state index contributed by atoms with van der Waals surface area (Å²) in [6.45, 7) is 7.85. The smallest absolute Gasteiger partial charge is 0.255 e. The second kappa shape index (κ2) is 10.4. The number of fused-ring (bicyclic) bond motifs is 1. The highest BCUT2D eigenvalue weighted by atomic mass is 35.5. The molecule has 1 aliphatic heterocycles. The summed E-state index contributed by atoms with van der Waals surface area (Å²) in [5.41, 5.74) is 4.48. The largest absolute Gasteiger partial charge is 0.334 e. The maximum absolute atomic E-state index is 13.6. The lowest BCUT2D eigenvalue weighted by Gasteiger charge is -2.25. The molecule has 0 spiro atoms. The van der Waals surface area contributed by atoms with E-state index in [-0.39, 0.29) is 42.8 Å². The molecule has 1 saturated heterocycles. The first-order valence-corrected chi connectivity index (χ1v) is 10.4. The van der Waals surface area contributed by atoms with E-state index in [0.29, 0.717) is 5.56 Å². The fourth-order valence-electron chi connectivity index (χ4n) is 4.28. The molecule has 3 aromatic rings. The van der Waals surface area contributed by atoms with E-state index in [0.717, 1.165) is 53.8 Å². The molecule has 0 saturated carbocycles. The number of amides is 1. The van der Waals surface area contributed by atoms with Gasteiger partial charge >= 0.3 is 0 Å². The number of nitrogens with zero attached hydrogens (tertiary/aromatic N) is 4. The minimum Gasteiger partial charge on any atom is -0.334 e. The number of pyridine rings is 1. The quantitative estimate of drug-likeness (QED) is 0.597. The van der Waals surface area contributed by atoms with Gasteiger partial charge in [0.25, 0.3) is 5.91 Å². The zero-order chi connectivity index (χ0) is 20.5. The van der Waals surface area contributed by atoms with E-state index in [4.69, 9.17) is 4.98 Å². The van der Waals surface area contributed by atoms with Crippen LogP contribution < -0.4 is 5.32 Å². The molecule has 31 heavy (non-hydrogen) atoms. The van der Waals surface area contributed by atoms with E-state index >= 15 is 0 Å². The second-order valence-electron chi connectivity index (χ2n) is 8.14. The first-order chi connectivity index (χ1) is 14.0. The van der Waals surface area contributed by atoms with Gasteiger partial charge in [-0.2, -0.15) is 5.10 Å². The van der Waals surface area contributed by atoms with Crippen LogP contribution in [0.25, 0.3) is 22.3 Å². The third kappa shape index (κ3) is 4.71. The lowest BCUT2D eigenvalue weighted by Crippen LogP contribution is -2.40. The van der Waals surface area contributed by atoms with Gasteiger partial charge < -0.3 is 10.2 Å². The molecule has 6 nitrogen and oxygen atoms in total. The van der Waals surface area contributed by atoms with Gasteiger partial charge in [0.2, 0.25) is 0 Å². The number of hydrogen-bond donors (Lipinski definition) is 1. The molecule has 1 atom stereocenters. The van der Waals surface area contributed by atoms with Gasteiger partial charge in [-0.25, -0.2) is 9.67 Å². The van der Waals surface area contributed by atoms with Gasteiger partial charge in [-0.3, -0.25) is 4.79 Å². The van der Waals surface area contributed by atoms with Crippen molar-refractivity contribution in [3.63, 3.8) is 0 Å². The van der Waals surface area contributed by atoms with Crippen LogP contribution in [0.1, 0.15) is 48.7 Å². The Morgan fingerprint density at radius 1 is 1.26 bits per heavy atom. The highest BCUT2D eigenvalue weighted by Gasteiger charge is 2.31. The maximum atomic E-state index is 13.6. The molecule has 3 heterocycles. The fourth-order valence-corrected chi connectivity index (χ4v) is 4.28. The number of hydrogen-bond acceptors (Lipinski definition) is 4. The van der Waals surface area contributed by atoms with E-state index < -0.39 is 0 Å². The zero-order valence-electron chi connectivity index (χ0n) is 18.5. The summed E-state index contributed by atoms with van der Waals surface area (Å²) in [5, 5.41) is 8.60. The molecular formula is C23H31Cl2N5O. The van der Waals surface area contributed by atoms with Crippen LogP contribution in [0.5, 0.6) is 0 Å². The van der Waals surface area contributed by atoms with E-state index in [1.165, 1.54) is 0 Å². The Hall–Kier alpha value is -2.15. The van der Waals surface area contributed by atoms with Crippen molar-refractivity contribution in [1.29, 1.82) is 0 Å². The molecule has 168 valence electrons. The van der Waals surface area contributed by atoms with Crippen molar-refractivity contribution in [2.24, 2.45) is 0 Å². The third-order valence-electron chi connectivity index (χ3n) is 5.79. The number of halogens is 2.